The molecule has 4 N–H and O–H groups in total. The van der Waals surface area contributed by atoms with E-state index in [1.54, 1.807) is 12.3 Å². The maximum Gasteiger partial charge on any atom is 0.131 e. The van der Waals surface area contributed by atoms with E-state index in [0.717, 1.165) is 42.7 Å². The molecule has 1 aromatic heterocycles. The number of likely N-dealkylation sites (tertiary alicyclic amines) is 1. The van der Waals surface area contributed by atoms with E-state index in [9.17, 15) is 0 Å². The van der Waals surface area contributed by atoms with E-state index in [-0.39, 0.29) is 0 Å². The van der Waals surface area contributed by atoms with Gasteiger partial charge >= 0.3 is 0 Å². The number of nitrogens with two attached hydrogens (primary N) is 2. The summed E-state index contributed by atoms with van der Waals surface area (Å²) in [6, 6.07) is 4.00. The number of rotatable bonds is 5. The molecule has 1 aliphatic carbocycles. The van der Waals surface area contributed by atoms with E-state index in [1.807, 2.05) is 12.3 Å². The van der Waals surface area contributed by atoms with Gasteiger partial charge in [-0.15, -0.1) is 0 Å². The molecule has 156 valence electrons. The van der Waals surface area contributed by atoms with Crippen LogP contribution in [-0.2, 0) is 0 Å². The fourth-order valence-corrected chi connectivity index (χ4v) is 4.81. The minimum Gasteiger partial charge on any atom is -0.384 e. The summed E-state index contributed by atoms with van der Waals surface area (Å²) in [5, 5.41) is 0. The highest BCUT2D eigenvalue weighted by molar-refractivity contribution is 6.00. The molecule has 1 saturated carbocycles. The number of aliphatic imine (C=N–C) groups is 2. The summed E-state index contributed by atoms with van der Waals surface area (Å²) in [7, 11) is 0. The van der Waals surface area contributed by atoms with Gasteiger partial charge in [0.15, 0.2) is 0 Å². The first-order valence-corrected chi connectivity index (χ1v) is 11.1. The van der Waals surface area contributed by atoms with Crippen molar-refractivity contribution in [3.05, 3.63) is 35.2 Å². The second kappa shape index (κ2) is 8.66. The summed E-state index contributed by atoms with van der Waals surface area (Å²) in [4.78, 5) is 16.2. The number of hydrogen-bond donors (Lipinski definition) is 2. The molecule has 2 aliphatic heterocycles. The number of amidine groups is 1. The van der Waals surface area contributed by atoms with Gasteiger partial charge in [-0.3, -0.25) is 9.89 Å². The van der Waals surface area contributed by atoms with Gasteiger partial charge in [-0.2, -0.15) is 0 Å². The molecule has 0 aromatic carbocycles. The highest BCUT2D eigenvalue weighted by atomic mass is 15.2. The molecule has 3 unspecified atom stereocenters. The van der Waals surface area contributed by atoms with Crippen LogP contribution >= 0.6 is 0 Å². The number of nitrogens with zero attached hydrogens (tertiary/aromatic N) is 4. The van der Waals surface area contributed by atoms with Crippen molar-refractivity contribution in [3.8, 4) is 0 Å². The monoisotopic (exact) mass is 394 g/mol. The molecule has 6 nitrogen and oxygen atoms in total. The second-order valence-electron chi connectivity index (χ2n) is 8.99. The number of hydrogen-bond acceptors (Lipinski definition) is 5. The summed E-state index contributed by atoms with van der Waals surface area (Å²) in [5.41, 5.74) is 15.4. The third kappa shape index (κ3) is 4.69. The van der Waals surface area contributed by atoms with Crippen molar-refractivity contribution in [1.29, 1.82) is 0 Å². The highest BCUT2D eigenvalue weighted by Crippen LogP contribution is 2.44. The minimum atomic E-state index is 0.367. The highest BCUT2D eigenvalue weighted by Gasteiger charge is 2.39. The topological polar surface area (TPSA) is 92.9 Å². The Kier molecular flexibility index (Phi) is 5.99. The zero-order valence-electron chi connectivity index (χ0n) is 17.7. The van der Waals surface area contributed by atoms with Crippen LogP contribution in [0.4, 0.5) is 5.82 Å². The first kappa shape index (κ1) is 20.1. The summed E-state index contributed by atoms with van der Waals surface area (Å²) < 4.78 is 0. The van der Waals surface area contributed by atoms with E-state index in [2.05, 4.69) is 28.7 Å². The van der Waals surface area contributed by atoms with Crippen LogP contribution in [-0.4, -0.2) is 47.6 Å². The Hall–Kier alpha value is -2.21. The molecule has 3 atom stereocenters. The molecule has 29 heavy (non-hydrogen) atoms. The number of pyridine rings is 1. The smallest absolute Gasteiger partial charge is 0.131 e. The molecule has 4 rings (SSSR count). The van der Waals surface area contributed by atoms with Gasteiger partial charge in [0.1, 0.15) is 11.7 Å². The van der Waals surface area contributed by atoms with Gasteiger partial charge in [0.25, 0.3) is 0 Å². The van der Waals surface area contributed by atoms with E-state index in [4.69, 9.17) is 16.5 Å². The maximum absolute atomic E-state index is 6.37. The molecule has 1 aromatic rings. The molecule has 6 heteroatoms. The van der Waals surface area contributed by atoms with Crippen LogP contribution in [0.5, 0.6) is 0 Å². The molecular formula is C23H34N6. The van der Waals surface area contributed by atoms with Gasteiger partial charge < -0.3 is 11.5 Å². The largest absolute Gasteiger partial charge is 0.384 e. The Morgan fingerprint density at radius 2 is 2.07 bits per heavy atom. The Balaban J connectivity index is 1.68. The fourth-order valence-electron chi connectivity index (χ4n) is 4.81. The van der Waals surface area contributed by atoms with Crippen molar-refractivity contribution in [2.24, 2.45) is 33.5 Å². The summed E-state index contributed by atoms with van der Waals surface area (Å²) in [6.45, 7) is 7.95. The van der Waals surface area contributed by atoms with E-state index in [0.29, 0.717) is 23.6 Å². The summed E-state index contributed by atoms with van der Waals surface area (Å²) in [6.07, 6.45) is 10.1. The Morgan fingerprint density at radius 3 is 2.83 bits per heavy atom. The van der Waals surface area contributed by atoms with E-state index < -0.39 is 0 Å². The van der Waals surface area contributed by atoms with Gasteiger partial charge in [0.2, 0.25) is 0 Å². The van der Waals surface area contributed by atoms with Crippen LogP contribution in [0.1, 0.15) is 51.5 Å². The standard InChI is InChI=1S/C23H34N6/c1-15-4-3-10-29(11-8-15)16(2)22-19(17-5-6-17)13-26-14-20(22)28-23(25)18-7-9-27-21(24)12-18/h7,9,12,14-17,19H,3-6,8,10-11,13H2,1-2H3,(H2,24,27)(H2,25,28). The first-order valence-electron chi connectivity index (χ1n) is 11.1. The molecule has 0 bridgehead atoms. The molecule has 3 aliphatic rings. The average Bonchev–Trinajstić information content (AvgIpc) is 3.55. The molecule has 2 fully saturated rings. The van der Waals surface area contributed by atoms with Crippen molar-refractivity contribution in [2.75, 3.05) is 25.4 Å². The predicted molar refractivity (Wildman–Crippen MR) is 120 cm³/mol. The number of dihydropyridines is 1. The molecule has 0 radical (unpaired) electrons. The Morgan fingerprint density at radius 1 is 1.24 bits per heavy atom. The summed E-state index contributed by atoms with van der Waals surface area (Å²) in [5.74, 6) is 2.99. The second-order valence-corrected chi connectivity index (χ2v) is 8.99. The molecule has 1 saturated heterocycles. The van der Waals surface area contributed by atoms with Gasteiger partial charge in [-0.25, -0.2) is 9.98 Å². The minimum absolute atomic E-state index is 0.367. The third-order valence-electron chi connectivity index (χ3n) is 6.77. The van der Waals surface area contributed by atoms with Gasteiger partial charge in [-0.05, 0) is 81.7 Å². The van der Waals surface area contributed by atoms with Crippen molar-refractivity contribution in [2.45, 2.75) is 52.0 Å². The number of anilines is 1. The predicted octanol–water partition coefficient (Wildman–Crippen LogP) is 3.24. The molecule has 0 spiro atoms. The van der Waals surface area contributed by atoms with Crippen LogP contribution in [0, 0.1) is 17.8 Å². The zero-order valence-corrected chi connectivity index (χ0v) is 17.7. The van der Waals surface area contributed by atoms with Crippen LogP contribution in [0.15, 0.2) is 39.6 Å². The first-order chi connectivity index (χ1) is 14.0. The lowest BCUT2D eigenvalue weighted by atomic mass is 9.85. The van der Waals surface area contributed by atoms with Crippen LogP contribution < -0.4 is 11.5 Å². The van der Waals surface area contributed by atoms with Crippen molar-refractivity contribution in [1.82, 2.24) is 9.88 Å². The van der Waals surface area contributed by atoms with E-state index in [1.165, 1.54) is 37.7 Å². The van der Waals surface area contributed by atoms with Crippen molar-refractivity contribution < 1.29 is 0 Å². The number of nitrogen functional groups attached to an aromatic ring is 1. The van der Waals surface area contributed by atoms with E-state index >= 15 is 0 Å². The fraction of sp³-hybridized carbons (Fsp3) is 0.609. The number of allylic oxidation sites excluding steroid dienone is 1. The van der Waals surface area contributed by atoms with Gasteiger partial charge in [-0.1, -0.05) is 6.92 Å². The summed E-state index contributed by atoms with van der Waals surface area (Å²) >= 11 is 0. The lowest BCUT2D eigenvalue weighted by Crippen LogP contribution is -2.40. The van der Waals surface area contributed by atoms with Crippen molar-refractivity contribution >= 4 is 17.9 Å². The van der Waals surface area contributed by atoms with Gasteiger partial charge in [0.05, 0.1) is 5.70 Å². The molecule has 3 heterocycles. The molecular weight excluding hydrogens is 360 g/mol. The van der Waals surface area contributed by atoms with Crippen molar-refractivity contribution in [3.63, 3.8) is 0 Å². The number of aromatic nitrogens is 1. The SMILES string of the molecule is CC1CCCN(C(C)C2=C(N=C(N)c3ccnc(N)c3)C=NCC2C2CC2)CC1. The normalized spacial score (nSPS) is 27.7. The van der Waals surface area contributed by atoms with Crippen LogP contribution in [0.3, 0.4) is 0 Å². The maximum atomic E-state index is 6.37. The van der Waals surface area contributed by atoms with Crippen LogP contribution in [0.25, 0.3) is 0 Å². The lowest BCUT2D eigenvalue weighted by Gasteiger charge is -2.35. The Labute approximate surface area is 174 Å². The van der Waals surface area contributed by atoms with Gasteiger partial charge in [0, 0.05) is 36.5 Å². The zero-order chi connectivity index (χ0) is 20.4. The average molecular weight is 395 g/mol. The Bertz CT molecular complexity index is 822. The quantitative estimate of drug-likeness (QED) is 0.592. The molecule has 0 amide bonds. The lowest BCUT2D eigenvalue weighted by molar-refractivity contribution is 0.224. The third-order valence-corrected chi connectivity index (χ3v) is 6.77. The van der Waals surface area contributed by atoms with Crippen LogP contribution in [0.2, 0.25) is 0 Å².